The van der Waals surface area contributed by atoms with Crippen molar-refractivity contribution < 1.29 is 9.90 Å². The van der Waals surface area contributed by atoms with Gasteiger partial charge in [0.05, 0.1) is 6.20 Å². The molecule has 0 atom stereocenters. The number of rotatable bonds is 5. The Bertz CT molecular complexity index is 872. The first-order valence-corrected chi connectivity index (χ1v) is 8.61. The first-order chi connectivity index (χ1) is 11.5. The SMILES string of the molecule is CC(C)Cn1c(=O)c(C(=O)NC2CC2)c(O)n2ncc(C3CC3)c12. The molecule has 0 aliphatic heterocycles. The predicted octanol–water partition coefficient (Wildman–Crippen LogP) is 1.63. The average molecular weight is 330 g/mol. The Morgan fingerprint density at radius 1 is 1.38 bits per heavy atom. The van der Waals surface area contributed by atoms with E-state index in [1.54, 1.807) is 10.8 Å². The molecule has 7 nitrogen and oxygen atoms in total. The molecule has 0 spiro atoms. The van der Waals surface area contributed by atoms with Crippen LogP contribution in [0.1, 0.15) is 61.4 Å². The summed E-state index contributed by atoms with van der Waals surface area (Å²) in [6, 6.07) is 0.116. The van der Waals surface area contributed by atoms with Gasteiger partial charge in [-0.3, -0.25) is 14.2 Å². The first kappa shape index (κ1) is 15.2. The quantitative estimate of drug-likeness (QED) is 0.872. The summed E-state index contributed by atoms with van der Waals surface area (Å²) in [4.78, 5) is 25.4. The summed E-state index contributed by atoms with van der Waals surface area (Å²) in [5.41, 5.74) is 0.962. The van der Waals surface area contributed by atoms with Crippen molar-refractivity contribution >= 4 is 11.6 Å². The highest BCUT2D eigenvalue weighted by molar-refractivity contribution is 5.96. The molecular weight excluding hydrogens is 308 g/mol. The third kappa shape index (κ3) is 2.48. The lowest BCUT2D eigenvalue weighted by Gasteiger charge is -2.15. The van der Waals surface area contributed by atoms with Crippen LogP contribution in [0.25, 0.3) is 5.65 Å². The summed E-state index contributed by atoms with van der Waals surface area (Å²) < 4.78 is 2.95. The van der Waals surface area contributed by atoms with Gasteiger partial charge in [0, 0.05) is 18.2 Å². The predicted molar refractivity (Wildman–Crippen MR) is 88.4 cm³/mol. The monoisotopic (exact) mass is 330 g/mol. The van der Waals surface area contributed by atoms with E-state index in [2.05, 4.69) is 10.4 Å². The number of nitrogens with zero attached hydrogens (tertiary/aromatic N) is 3. The molecule has 0 bridgehead atoms. The molecular formula is C17H22N4O3. The van der Waals surface area contributed by atoms with Crippen molar-refractivity contribution in [3.8, 4) is 5.88 Å². The van der Waals surface area contributed by atoms with E-state index in [1.165, 1.54) is 4.52 Å². The fraction of sp³-hybridized carbons (Fsp3) is 0.588. The number of nitrogens with one attached hydrogen (secondary N) is 1. The second-order valence-electron chi connectivity index (χ2n) is 7.37. The highest BCUT2D eigenvalue weighted by atomic mass is 16.3. The van der Waals surface area contributed by atoms with E-state index in [9.17, 15) is 14.7 Å². The molecule has 0 radical (unpaired) electrons. The summed E-state index contributed by atoms with van der Waals surface area (Å²) in [5, 5.41) is 17.6. The van der Waals surface area contributed by atoms with Gasteiger partial charge in [0.2, 0.25) is 5.88 Å². The molecule has 24 heavy (non-hydrogen) atoms. The van der Waals surface area contributed by atoms with E-state index in [1.807, 2.05) is 13.8 Å². The lowest BCUT2D eigenvalue weighted by Crippen LogP contribution is -2.36. The Hall–Kier alpha value is -2.31. The van der Waals surface area contributed by atoms with Crippen molar-refractivity contribution in [2.45, 2.75) is 58.0 Å². The molecule has 4 rings (SSSR count). The zero-order chi connectivity index (χ0) is 17.0. The highest BCUT2D eigenvalue weighted by Gasteiger charge is 2.33. The van der Waals surface area contributed by atoms with E-state index in [0.717, 1.165) is 31.2 Å². The van der Waals surface area contributed by atoms with E-state index >= 15 is 0 Å². The maximum Gasteiger partial charge on any atom is 0.270 e. The number of aromatic nitrogens is 3. The van der Waals surface area contributed by atoms with Crippen molar-refractivity contribution in [2.24, 2.45) is 5.92 Å². The molecule has 0 saturated heterocycles. The molecule has 2 fully saturated rings. The number of hydrogen-bond acceptors (Lipinski definition) is 4. The van der Waals surface area contributed by atoms with Gasteiger partial charge in [-0.2, -0.15) is 9.61 Å². The lowest BCUT2D eigenvalue weighted by molar-refractivity contribution is 0.0944. The van der Waals surface area contributed by atoms with Crippen LogP contribution in [0.15, 0.2) is 11.0 Å². The Balaban J connectivity index is 1.93. The Morgan fingerprint density at radius 2 is 2.08 bits per heavy atom. The van der Waals surface area contributed by atoms with Gasteiger partial charge >= 0.3 is 0 Å². The smallest absolute Gasteiger partial charge is 0.270 e. The summed E-state index contributed by atoms with van der Waals surface area (Å²) in [6.45, 7) is 4.53. The number of aromatic hydroxyl groups is 1. The molecule has 0 unspecified atom stereocenters. The van der Waals surface area contributed by atoms with Crippen LogP contribution in [-0.4, -0.2) is 31.2 Å². The molecule has 0 aromatic carbocycles. The minimum absolute atomic E-state index is 0.116. The Labute approximate surface area is 139 Å². The minimum Gasteiger partial charge on any atom is -0.492 e. The Kier molecular flexibility index (Phi) is 3.40. The molecule has 128 valence electrons. The van der Waals surface area contributed by atoms with Crippen molar-refractivity contribution in [1.82, 2.24) is 19.5 Å². The van der Waals surface area contributed by atoms with Crippen LogP contribution in [0.5, 0.6) is 5.88 Å². The molecule has 2 aromatic rings. The zero-order valence-corrected chi connectivity index (χ0v) is 14.0. The topological polar surface area (TPSA) is 88.6 Å². The zero-order valence-electron chi connectivity index (χ0n) is 14.0. The van der Waals surface area contributed by atoms with Crippen LogP contribution in [0.3, 0.4) is 0 Å². The molecule has 2 aliphatic carbocycles. The fourth-order valence-corrected chi connectivity index (χ4v) is 3.11. The summed E-state index contributed by atoms with van der Waals surface area (Å²) in [5.74, 6) is -0.244. The maximum atomic E-state index is 13.0. The van der Waals surface area contributed by atoms with E-state index in [-0.39, 0.29) is 23.4 Å². The van der Waals surface area contributed by atoms with Gasteiger partial charge in [-0.05, 0) is 37.5 Å². The van der Waals surface area contributed by atoms with Gasteiger partial charge in [-0.1, -0.05) is 13.8 Å². The van der Waals surface area contributed by atoms with E-state index in [4.69, 9.17) is 0 Å². The molecule has 2 heterocycles. The van der Waals surface area contributed by atoms with Crippen LogP contribution >= 0.6 is 0 Å². The number of carbonyl (C=O) groups excluding carboxylic acids is 1. The van der Waals surface area contributed by atoms with Crippen molar-refractivity contribution in [1.29, 1.82) is 0 Å². The second kappa shape index (κ2) is 5.36. The van der Waals surface area contributed by atoms with E-state index < -0.39 is 11.5 Å². The van der Waals surface area contributed by atoms with Crippen LogP contribution in [0, 0.1) is 5.92 Å². The maximum absolute atomic E-state index is 13.0. The lowest BCUT2D eigenvalue weighted by atomic mass is 10.2. The van der Waals surface area contributed by atoms with Gasteiger partial charge in [-0.15, -0.1) is 0 Å². The van der Waals surface area contributed by atoms with Crippen LogP contribution in [-0.2, 0) is 6.54 Å². The first-order valence-electron chi connectivity index (χ1n) is 8.61. The molecule has 2 N–H and O–H groups in total. The highest BCUT2D eigenvalue weighted by Crippen LogP contribution is 2.42. The van der Waals surface area contributed by atoms with Crippen LogP contribution in [0.4, 0.5) is 0 Å². The average Bonchev–Trinajstić information content (AvgIpc) is 3.43. The minimum atomic E-state index is -0.511. The van der Waals surface area contributed by atoms with Crippen molar-refractivity contribution in [3.05, 3.63) is 27.7 Å². The molecule has 7 heteroatoms. The van der Waals surface area contributed by atoms with Gasteiger partial charge in [0.15, 0.2) is 5.56 Å². The van der Waals surface area contributed by atoms with Gasteiger partial charge < -0.3 is 10.4 Å². The largest absolute Gasteiger partial charge is 0.492 e. The van der Waals surface area contributed by atoms with Crippen molar-refractivity contribution in [2.75, 3.05) is 0 Å². The standard InChI is InChI=1S/C17H22N4O3/c1-9(2)8-20-15-12(10-3-4-10)7-18-21(15)17(24)13(16(20)23)14(22)19-11-5-6-11/h7,9-11,24H,3-6,8H2,1-2H3,(H,19,22). The van der Waals surface area contributed by atoms with Crippen molar-refractivity contribution in [3.63, 3.8) is 0 Å². The van der Waals surface area contributed by atoms with Crippen LogP contribution in [0.2, 0.25) is 0 Å². The van der Waals surface area contributed by atoms with Gasteiger partial charge in [0.25, 0.3) is 11.5 Å². The third-order valence-electron chi connectivity index (χ3n) is 4.61. The number of amides is 1. The normalized spacial score (nSPS) is 17.6. The van der Waals surface area contributed by atoms with Gasteiger partial charge in [-0.25, -0.2) is 0 Å². The number of hydrogen-bond donors (Lipinski definition) is 2. The molecule has 2 aliphatic rings. The second-order valence-corrected chi connectivity index (χ2v) is 7.37. The van der Waals surface area contributed by atoms with Crippen LogP contribution < -0.4 is 10.9 Å². The number of carbonyl (C=O) groups is 1. The third-order valence-corrected chi connectivity index (χ3v) is 4.61. The Morgan fingerprint density at radius 3 is 2.67 bits per heavy atom. The summed E-state index contributed by atoms with van der Waals surface area (Å²) in [7, 11) is 0. The molecule has 2 saturated carbocycles. The van der Waals surface area contributed by atoms with E-state index in [0.29, 0.717) is 18.1 Å². The number of fused-ring (bicyclic) bond motifs is 1. The molecule has 2 aromatic heterocycles. The molecule has 1 amide bonds. The fourth-order valence-electron chi connectivity index (χ4n) is 3.11. The summed E-state index contributed by atoms with van der Waals surface area (Å²) in [6.07, 6.45) is 5.69. The summed E-state index contributed by atoms with van der Waals surface area (Å²) >= 11 is 0. The van der Waals surface area contributed by atoms with Gasteiger partial charge in [0.1, 0.15) is 5.65 Å².